The molecule has 0 bridgehead atoms. The average molecular weight is 172 g/mol. The first-order valence-electron chi connectivity index (χ1n) is 5.20. The lowest BCUT2D eigenvalue weighted by Gasteiger charge is -2.18. The van der Waals surface area contributed by atoms with Crippen molar-refractivity contribution < 1.29 is 5.11 Å². The first kappa shape index (κ1) is 12.0. The number of rotatable bonds is 6. The van der Waals surface area contributed by atoms with Crippen molar-refractivity contribution in [2.75, 3.05) is 6.61 Å². The molecule has 12 heavy (non-hydrogen) atoms. The van der Waals surface area contributed by atoms with Gasteiger partial charge in [-0.25, -0.2) is 0 Å². The van der Waals surface area contributed by atoms with Gasteiger partial charge < -0.3 is 5.11 Å². The number of aliphatic hydroxyl groups is 1. The third kappa shape index (κ3) is 5.59. The fraction of sp³-hybridized carbons (Fsp3) is 1.00. The predicted molar refractivity (Wildman–Crippen MR) is 54.1 cm³/mol. The molecule has 0 radical (unpaired) electrons. The second kappa shape index (κ2) is 6.47. The lowest BCUT2D eigenvalue weighted by atomic mass is 9.89. The van der Waals surface area contributed by atoms with E-state index in [4.69, 9.17) is 5.11 Å². The highest BCUT2D eigenvalue weighted by atomic mass is 16.3. The molecule has 0 rings (SSSR count). The fourth-order valence-corrected chi connectivity index (χ4v) is 1.71. The van der Waals surface area contributed by atoms with Gasteiger partial charge in [0.05, 0.1) is 0 Å². The van der Waals surface area contributed by atoms with Gasteiger partial charge in [0.2, 0.25) is 0 Å². The van der Waals surface area contributed by atoms with Gasteiger partial charge in [-0.3, -0.25) is 0 Å². The molecule has 0 unspecified atom stereocenters. The van der Waals surface area contributed by atoms with Crippen molar-refractivity contribution in [3.05, 3.63) is 0 Å². The van der Waals surface area contributed by atoms with E-state index in [1.54, 1.807) is 0 Å². The molecular weight excluding hydrogens is 148 g/mol. The third-order valence-electron chi connectivity index (χ3n) is 2.62. The quantitative estimate of drug-likeness (QED) is 0.653. The Balaban J connectivity index is 3.51. The van der Waals surface area contributed by atoms with E-state index >= 15 is 0 Å². The second-order valence-electron chi connectivity index (χ2n) is 4.38. The molecule has 3 atom stereocenters. The van der Waals surface area contributed by atoms with Crippen molar-refractivity contribution in [2.45, 2.75) is 47.0 Å². The maximum atomic E-state index is 8.87. The van der Waals surface area contributed by atoms with Crippen molar-refractivity contribution >= 4 is 0 Å². The largest absolute Gasteiger partial charge is 0.396 e. The molecule has 1 N–H and O–H groups in total. The van der Waals surface area contributed by atoms with Crippen LogP contribution in [-0.4, -0.2) is 11.7 Å². The average Bonchev–Trinajstić information content (AvgIpc) is 2.03. The maximum Gasteiger partial charge on any atom is 0.0456 e. The summed E-state index contributed by atoms with van der Waals surface area (Å²) in [7, 11) is 0. The topological polar surface area (TPSA) is 20.2 Å². The Morgan fingerprint density at radius 3 is 1.83 bits per heavy atom. The second-order valence-corrected chi connectivity index (χ2v) is 4.38. The van der Waals surface area contributed by atoms with Crippen LogP contribution in [0.1, 0.15) is 47.0 Å². The Kier molecular flexibility index (Phi) is 6.45. The lowest BCUT2D eigenvalue weighted by Crippen LogP contribution is -2.09. The molecule has 74 valence electrons. The Hall–Kier alpha value is -0.0400. The molecule has 0 heterocycles. The van der Waals surface area contributed by atoms with E-state index in [-0.39, 0.29) is 0 Å². The summed E-state index contributed by atoms with van der Waals surface area (Å²) in [5.41, 5.74) is 0. The van der Waals surface area contributed by atoms with Crippen LogP contribution in [-0.2, 0) is 0 Å². The van der Waals surface area contributed by atoms with Gasteiger partial charge >= 0.3 is 0 Å². The highest BCUT2D eigenvalue weighted by Gasteiger charge is 2.10. The Morgan fingerprint density at radius 1 is 0.917 bits per heavy atom. The molecule has 0 aromatic carbocycles. The summed E-state index contributed by atoms with van der Waals surface area (Å²) in [6.45, 7) is 9.29. The van der Waals surface area contributed by atoms with Crippen LogP contribution in [0.5, 0.6) is 0 Å². The summed E-state index contributed by atoms with van der Waals surface area (Å²) < 4.78 is 0. The summed E-state index contributed by atoms with van der Waals surface area (Å²) >= 11 is 0. The predicted octanol–water partition coefficient (Wildman–Crippen LogP) is 3.08. The molecule has 1 nitrogen and oxygen atoms in total. The van der Waals surface area contributed by atoms with Crippen LogP contribution in [0.25, 0.3) is 0 Å². The van der Waals surface area contributed by atoms with Gasteiger partial charge in [-0.05, 0) is 30.6 Å². The Labute approximate surface area is 77.2 Å². The van der Waals surface area contributed by atoms with Crippen LogP contribution in [0.15, 0.2) is 0 Å². The summed E-state index contributed by atoms with van der Waals surface area (Å²) in [6.07, 6.45) is 3.75. The molecule has 0 amide bonds. The van der Waals surface area contributed by atoms with Crippen LogP contribution in [0.4, 0.5) is 0 Å². The Morgan fingerprint density at radius 2 is 1.42 bits per heavy atom. The van der Waals surface area contributed by atoms with Crippen molar-refractivity contribution in [1.29, 1.82) is 0 Å². The van der Waals surface area contributed by atoms with Crippen molar-refractivity contribution in [1.82, 2.24) is 0 Å². The molecule has 0 aromatic rings. The van der Waals surface area contributed by atoms with Crippen molar-refractivity contribution in [3.63, 3.8) is 0 Å². The first-order valence-corrected chi connectivity index (χ1v) is 5.20. The zero-order valence-electron chi connectivity index (χ0n) is 9.01. The SMILES string of the molecule is CC[C@H](C)C[C@H](C)C[C@@H](C)CO. The number of aliphatic hydroxyl groups excluding tert-OH is 1. The summed E-state index contributed by atoms with van der Waals surface area (Å²) in [5, 5.41) is 8.87. The molecule has 0 aliphatic carbocycles. The van der Waals surface area contributed by atoms with E-state index in [0.717, 1.165) is 11.8 Å². The van der Waals surface area contributed by atoms with E-state index in [0.29, 0.717) is 12.5 Å². The zero-order valence-corrected chi connectivity index (χ0v) is 9.01. The molecule has 0 saturated carbocycles. The summed E-state index contributed by atoms with van der Waals surface area (Å²) in [5.74, 6) is 2.08. The number of hydrogen-bond donors (Lipinski definition) is 1. The Bertz CT molecular complexity index is 89.2. The number of hydrogen-bond acceptors (Lipinski definition) is 1. The van der Waals surface area contributed by atoms with E-state index in [2.05, 4.69) is 27.7 Å². The monoisotopic (exact) mass is 172 g/mol. The molecule has 0 aliphatic rings. The molecule has 0 saturated heterocycles. The third-order valence-corrected chi connectivity index (χ3v) is 2.62. The highest BCUT2D eigenvalue weighted by molar-refractivity contribution is 4.61. The minimum atomic E-state index is 0.338. The molecule has 0 aliphatic heterocycles. The smallest absolute Gasteiger partial charge is 0.0456 e. The minimum absolute atomic E-state index is 0.338. The normalized spacial score (nSPS) is 18.8. The first-order chi connectivity index (χ1) is 5.60. The van der Waals surface area contributed by atoms with Crippen molar-refractivity contribution in [3.8, 4) is 0 Å². The van der Waals surface area contributed by atoms with Crippen LogP contribution >= 0.6 is 0 Å². The van der Waals surface area contributed by atoms with Crippen molar-refractivity contribution in [2.24, 2.45) is 17.8 Å². The van der Waals surface area contributed by atoms with Crippen LogP contribution in [0, 0.1) is 17.8 Å². The summed E-state index contributed by atoms with van der Waals surface area (Å²) in [6, 6.07) is 0. The van der Waals surface area contributed by atoms with Gasteiger partial charge in [0.1, 0.15) is 0 Å². The van der Waals surface area contributed by atoms with Gasteiger partial charge in [-0.2, -0.15) is 0 Å². The van der Waals surface area contributed by atoms with Crippen LogP contribution in [0.3, 0.4) is 0 Å². The van der Waals surface area contributed by atoms with Crippen LogP contribution in [0.2, 0.25) is 0 Å². The van der Waals surface area contributed by atoms with E-state index in [1.165, 1.54) is 19.3 Å². The molecule has 0 aromatic heterocycles. The van der Waals surface area contributed by atoms with Gasteiger partial charge in [0.25, 0.3) is 0 Å². The molecule has 1 heteroatoms. The van der Waals surface area contributed by atoms with Gasteiger partial charge in [0, 0.05) is 6.61 Å². The van der Waals surface area contributed by atoms with Crippen LogP contribution < -0.4 is 0 Å². The van der Waals surface area contributed by atoms with E-state index < -0.39 is 0 Å². The highest BCUT2D eigenvalue weighted by Crippen LogP contribution is 2.20. The lowest BCUT2D eigenvalue weighted by molar-refractivity contribution is 0.207. The maximum absolute atomic E-state index is 8.87. The summed E-state index contributed by atoms with van der Waals surface area (Å²) in [4.78, 5) is 0. The van der Waals surface area contributed by atoms with E-state index in [9.17, 15) is 0 Å². The van der Waals surface area contributed by atoms with Gasteiger partial charge in [0.15, 0.2) is 0 Å². The molecule has 0 spiro atoms. The zero-order chi connectivity index (χ0) is 9.56. The molecular formula is C11H24O. The van der Waals surface area contributed by atoms with E-state index in [1.807, 2.05) is 0 Å². The molecule has 0 fully saturated rings. The standard InChI is InChI=1S/C11H24O/c1-5-9(2)6-10(3)7-11(4)8-12/h9-12H,5-8H2,1-4H3/t9-,10-,11+/m0/s1. The van der Waals surface area contributed by atoms with Gasteiger partial charge in [-0.15, -0.1) is 0 Å². The minimum Gasteiger partial charge on any atom is -0.396 e. The van der Waals surface area contributed by atoms with Gasteiger partial charge in [-0.1, -0.05) is 34.1 Å². The fourth-order valence-electron chi connectivity index (χ4n) is 1.71.